The average Bonchev–Trinajstić information content (AvgIpc) is 2.75. The van der Waals surface area contributed by atoms with Gasteiger partial charge >= 0.3 is 0 Å². The van der Waals surface area contributed by atoms with Crippen molar-refractivity contribution in [2.75, 3.05) is 11.9 Å². The number of amides is 1. The highest BCUT2D eigenvalue weighted by Gasteiger charge is 2.15. The number of carbonyl (C=O) groups excluding carboxylic acids is 1. The first-order chi connectivity index (χ1) is 14.2. The van der Waals surface area contributed by atoms with Crippen LogP contribution in [0.15, 0.2) is 83.8 Å². The molecule has 0 aliphatic rings. The zero-order chi connectivity index (χ0) is 20.2. The van der Waals surface area contributed by atoms with Gasteiger partial charge in [-0.25, -0.2) is 0 Å². The number of carbonyl (C=O) groups is 1. The van der Waals surface area contributed by atoms with Gasteiger partial charge in [-0.1, -0.05) is 42.5 Å². The lowest BCUT2D eigenvalue weighted by Crippen LogP contribution is -2.22. The maximum Gasteiger partial charge on any atom is 0.261 e. The Bertz CT molecular complexity index is 1230. The van der Waals surface area contributed by atoms with E-state index in [0.29, 0.717) is 23.2 Å². The number of H-pyrrole nitrogens is 1. The van der Waals surface area contributed by atoms with E-state index in [9.17, 15) is 9.59 Å². The molecule has 0 radical (unpaired) electrons. The number of anilines is 1. The van der Waals surface area contributed by atoms with Gasteiger partial charge in [0.25, 0.3) is 5.91 Å². The molecule has 0 unspecified atom stereocenters. The summed E-state index contributed by atoms with van der Waals surface area (Å²) >= 11 is 0. The quantitative estimate of drug-likeness (QED) is 0.517. The molecular weight excluding hydrogens is 364 g/mol. The number of aromatic nitrogens is 1. The number of hydrogen-bond acceptors (Lipinski definition) is 3. The monoisotopic (exact) mass is 384 g/mol. The fraction of sp³-hybridized carbons (Fsp3) is 0.0833. The van der Waals surface area contributed by atoms with Gasteiger partial charge in [0.1, 0.15) is 11.3 Å². The second kappa shape index (κ2) is 8.02. The lowest BCUT2D eigenvalue weighted by molar-refractivity contribution is 0.102. The van der Waals surface area contributed by atoms with Crippen LogP contribution in [0.25, 0.3) is 22.0 Å². The van der Waals surface area contributed by atoms with Crippen LogP contribution in [0, 0.1) is 0 Å². The molecule has 1 amide bonds. The molecular formula is C24H20N2O3. The molecule has 0 saturated heterocycles. The van der Waals surface area contributed by atoms with Crippen molar-refractivity contribution < 1.29 is 9.53 Å². The third kappa shape index (κ3) is 3.75. The Labute approximate surface area is 168 Å². The highest BCUT2D eigenvalue weighted by Crippen LogP contribution is 2.29. The molecule has 144 valence electrons. The van der Waals surface area contributed by atoms with E-state index >= 15 is 0 Å². The minimum absolute atomic E-state index is 0.0743. The van der Waals surface area contributed by atoms with Crippen molar-refractivity contribution in [3.05, 3.63) is 94.8 Å². The van der Waals surface area contributed by atoms with Crippen LogP contribution in [0.5, 0.6) is 5.75 Å². The molecule has 5 nitrogen and oxygen atoms in total. The van der Waals surface area contributed by atoms with Crippen LogP contribution in [0.1, 0.15) is 17.3 Å². The van der Waals surface area contributed by atoms with Crippen LogP contribution < -0.4 is 15.5 Å². The van der Waals surface area contributed by atoms with E-state index in [2.05, 4.69) is 10.3 Å². The third-order valence-electron chi connectivity index (χ3n) is 4.68. The molecule has 3 aromatic carbocycles. The highest BCUT2D eigenvalue weighted by molar-refractivity contribution is 6.07. The zero-order valence-corrected chi connectivity index (χ0v) is 15.9. The molecule has 4 aromatic rings. The van der Waals surface area contributed by atoms with Crippen molar-refractivity contribution in [2.24, 2.45) is 0 Å². The molecule has 0 bridgehead atoms. The summed E-state index contributed by atoms with van der Waals surface area (Å²) in [4.78, 5) is 28.6. The normalized spacial score (nSPS) is 10.7. The molecule has 1 heterocycles. The van der Waals surface area contributed by atoms with Gasteiger partial charge in [-0.3, -0.25) is 9.59 Å². The predicted octanol–water partition coefficient (Wildman–Crippen LogP) is 4.85. The molecule has 29 heavy (non-hydrogen) atoms. The van der Waals surface area contributed by atoms with Gasteiger partial charge in [-0.05, 0) is 42.8 Å². The first-order valence-electron chi connectivity index (χ1n) is 9.41. The van der Waals surface area contributed by atoms with E-state index < -0.39 is 5.91 Å². The van der Waals surface area contributed by atoms with Gasteiger partial charge in [0, 0.05) is 28.4 Å². The number of benzene rings is 3. The first-order valence-corrected chi connectivity index (χ1v) is 9.41. The molecule has 2 N–H and O–H groups in total. The van der Waals surface area contributed by atoms with Crippen molar-refractivity contribution in [3.8, 4) is 16.9 Å². The number of ether oxygens (including phenoxy) is 1. The molecule has 0 aliphatic carbocycles. The van der Waals surface area contributed by atoms with E-state index in [4.69, 9.17) is 4.74 Å². The molecule has 0 atom stereocenters. The first kappa shape index (κ1) is 18.5. The Morgan fingerprint density at radius 2 is 1.69 bits per heavy atom. The number of aromatic amines is 1. The summed E-state index contributed by atoms with van der Waals surface area (Å²) in [6, 6.07) is 22.3. The lowest BCUT2D eigenvalue weighted by Gasteiger charge is -2.12. The van der Waals surface area contributed by atoms with Gasteiger partial charge in [0.15, 0.2) is 0 Å². The zero-order valence-electron chi connectivity index (χ0n) is 15.9. The summed E-state index contributed by atoms with van der Waals surface area (Å²) in [5.74, 6) is 0.343. The van der Waals surface area contributed by atoms with E-state index in [1.54, 1.807) is 18.2 Å². The molecule has 4 rings (SSSR count). The second-order valence-electron chi connectivity index (χ2n) is 6.53. The molecule has 0 spiro atoms. The van der Waals surface area contributed by atoms with E-state index in [0.717, 1.165) is 16.9 Å². The number of rotatable bonds is 5. The smallest absolute Gasteiger partial charge is 0.261 e. The molecule has 0 aliphatic heterocycles. The van der Waals surface area contributed by atoms with Crippen LogP contribution in [-0.2, 0) is 0 Å². The predicted molar refractivity (Wildman–Crippen MR) is 116 cm³/mol. The van der Waals surface area contributed by atoms with Gasteiger partial charge in [0.05, 0.1) is 6.61 Å². The van der Waals surface area contributed by atoms with E-state index in [1.807, 2.05) is 61.5 Å². The highest BCUT2D eigenvalue weighted by atomic mass is 16.5. The molecule has 5 heteroatoms. The van der Waals surface area contributed by atoms with E-state index in [1.165, 1.54) is 6.20 Å². The van der Waals surface area contributed by atoms with Crippen LogP contribution >= 0.6 is 0 Å². The number of pyridine rings is 1. The van der Waals surface area contributed by atoms with Gasteiger partial charge in [0.2, 0.25) is 5.43 Å². The van der Waals surface area contributed by atoms with Gasteiger partial charge < -0.3 is 15.0 Å². The second-order valence-corrected chi connectivity index (χ2v) is 6.53. The Morgan fingerprint density at radius 1 is 0.966 bits per heavy atom. The van der Waals surface area contributed by atoms with Crippen LogP contribution in [0.2, 0.25) is 0 Å². The van der Waals surface area contributed by atoms with Gasteiger partial charge in [-0.2, -0.15) is 0 Å². The van der Waals surface area contributed by atoms with Crippen molar-refractivity contribution in [2.45, 2.75) is 6.92 Å². The standard InChI is InChI=1S/C24H20N2O3/c1-2-29-17-13-11-16(12-14-17)18-7-3-6-10-22(18)26-24(28)20-15-25-21-9-5-4-8-19(21)23(20)27/h3-15H,2H2,1H3,(H,25,27)(H,26,28). The maximum absolute atomic E-state index is 12.9. The molecule has 1 aromatic heterocycles. The maximum atomic E-state index is 12.9. The average molecular weight is 384 g/mol. The lowest BCUT2D eigenvalue weighted by atomic mass is 10.0. The summed E-state index contributed by atoms with van der Waals surface area (Å²) in [5, 5.41) is 3.37. The van der Waals surface area contributed by atoms with Crippen LogP contribution in [0.4, 0.5) is 5.69 Å². The summed E-state index contributed by atoms with van der Waals surface area (Å²) in [7, 11) is 0. The number of hydrogen-bond donors (Lipinski definition) is 2. The largest absolute Gasteiger partial charge is 0.494 e. The van der Waals surface area contributed by atoms with Crippen molar-refractivity contribution in [1.29, 1.82) is 0 Å². The molecule has 0 fully saturated rings. The molecule has 0 saturated carbocycles. The SMILES string of the molecule is CCOc1ccc(-c2ccccc2NC(=O)c2c[nH]c3ccccc3c2=O)cc1. The fourth-order valence-electron chi connectivity index (χ4n) is 3.27. The minimum Gasteiger partial charge on any atom is -0.494 e. The third-order valence-corrected chi connectivity index (χ3v) is 4.68. The minimum atomic E-state index is -0.449. The summed E-state index contributed by atoms with van der Waals surface area (Å²) in [5.41, 5.74) is 2.91. The number of fused-ring (bicyclic) bond motifs is 1. The summed E-state index contributed by atoms with van der Waals surface area (Å²) in [6.45, 7) is 2.54. The van der Waals surface area contributed by atoms with Crippen molar-refractivity contribution >= 4 is 22.5 Å². The van der Waals surface area contributed by atoms with Gasteiger partial charge in [-0.15, -0.1) is 0 Å². The van der Waals surface area contributed by atoms with Crippen LogP contribution in [0.3, 0.4) is 0 Å². The number of nitrogens with one attached hydrogen (secondary N) is 2. The Hall–Kier alpha value is -3.86. The van der Waals surface area contributed by atoms with Crippen LogP contribution in [-0.4, -0.2) is 17.5 Å². The summed E-state index contributed by atoms with van der Waals surface area (Å²) < 4.78 is 5.49. The Kier molecular flexibility index (Phi) is 5.12. The Balaban J connectivity index is 1.66. The Morgan fingerprint density at radius 3 is 2.48 bits per heavy atom. The van der Waals surface area contributed by atoms with Crippen molar-refractivity contribution in [1.82, 2.24) is 4.98 Å². The van der Waals surface area contributed by atoms with E-state index in [-0.39, 0.29) is 11.0 Å². The topological polar surface area (TPSA) is 71.2 Å². The van der Waals surface area contributed by atoms with Crippen molar-refractivity contribution in [3.63, 3.8) is 0 Å². The number of para-hydroxylation sites is 2. The summed E-state index contributed by atoms with van der Waals surface area (Å²) in [6.07, 6.45) is 1.46. The fourth-order valence-corrected chi connectivity index (χ4v) is 3.27.